The Bertz CT molecular complexity index is 593. The number of rotatable bonds is 3. The molecule has 0 bridgehead atoms. The molecule has 2 saturated heterocycles. The van der Waals surface area contributed by atoms with Crippen LogP contribution in [0.3, 0.4) is 0 Å². The van der Waals surface area contributed by atoms with Gasteiger partial charge in [-0.15, -0.1) is 0 Å². The fraction of sp³-hybridized carbons (Fsp3) is 0.650. The van der Waals surface area contributed by atoms with Gasteiger partial charge in [0, 0.05) is 56.9 Å². The number of hydrogen-bond acceptors (Lipinski definition) is 3. The van der Waals surface area contributed by atoms with Crippen molar-refractivity contribution in [3.05, 3.63) is 30.1 Å². The Morgan fingerprint density at radius 2 is 1.64 bits per heavy atom. The van der Waals surface area contributed by atoms with Crippen molar-refractivity contribution in [1.82, 2.24) is 9.80 Å². The number of halogens is 1. The molecule has 3 aliphatic rings. The molecule has 136 valence electrons. The Labute approximate surface area is 149 Å². The molecule has 3 fully saturated rings. The average molecular weight is 345 g/mol. The van der Waals surface area contributed by atoms with Crippen LogP contribution in [0.15, 0.2) is 24.3 Å². The van der Waals surface area contributed by atoms with Gasteiger partial charge in [0.25, 0.3) is 0 Å². The van der Waals surface area contributed by atoms with Crippen LogP contribution < -0.4 is 4.90 Å². The number of carbonyl (C=O) groups is 1. The SMILES string of the molecule is O=C(C1CCC1)N1CCC[C@H](N2CCN(c3ccc(F)cc3)CC2)C1. The summed E-state index contributed by atoms with van der Waals surface area (Å²) < 4.78 is 13.1. The zero-order chi connectivity index (χ0) is 17.2. The van der Waals surface area contributed by atoms with Crippen LogP contribution in [0, 0.1) is 11.7 Å². The molecular weight excluding hydrogens is 317 g/mol. The van der Waals surface area contributed by atoms with Gasteiger partial charge in [0.15, 0.2) is 0 Å². The molecule has 0 radical (unpaired) electrons. The molecule has 2 aliphatic heterocycles. The molecule has 1 aromatic rings. The van der Waals surface area contributed by atoms with E-state index in [-0.39, 0.29) is 5.82 Å². The van der Waals surface area contributed by atoms with Gasteiger partial charge in [-0.05, 0) is 49.9 Å². The number of amides is 1. The van der Waals surface area contributed by atoms with E-state index in [4.69, 9.17) is 0 Å². The summed E-state index contributed by atoms with van der Waals surface area (Å²) in [4.78, 5) is 19.6. The highest BCUT2D eigenvalue weighted by molar-refractivity contribution is 5.79. The predicted molar refractivity (Wildman–Crippen MR) is 97.1 cm³/mol. The van der Waals surface area contributed by atoms with E-state index in [1.54, 1.807) is 0 Å². The van der Waals surface area contributed by atoms with Gasteiger partial charge >= 0.3 is 0 Å². The quantitative estimate of drug-likeness (QED) is 0.843. The lowest BCUT2D eigenvalue weighted by atomic mass is 9.84. The number of anilines is 1. The number of piperazine rings is 1. The summed E-state index contributed by atoms with van der Waals surface area (Å²) in [5.74, 6) is 0.538. The van der Waals surface area contributed by atoms with Crippen LogP contribution in [0.25, 0.3) is 0 Å². The zero-order valence-corrected chi connectivity index (χ0v) is 14.9. The largest absolute Gasteiger partial charge is 0.369 e. The minimum atomic E-state index is -0.180. The Morgan fingerprint density at radius 1 is 0.920 bits per heavy atom. The molecule has 4 nitrogen and oxygen atoms in total. The first kappa shape index (κ1) is 16.8. The van der Waals surface area contributed by atoms with E-state index in [9.17, 15) is 9.18 Å². The summed E-state index contributed by atoms with van der Waals surface area (Å²) in [6.07, 6.45) is 5.73. The van der Waals surface area contributed by atoms with Crippen LogP contribution in [0.2, 0.25) is 0 Å². The van der Waals surface area contributed by atoms with Crippen molar-refractivity contribution in [2.24, 2.45) is 5.92 Å². The van der Waals surface area contributed by atoms with E-state index < -0.39 is 0 Å². The molecule has 0 N–H and O–H groups in total. The molecule has 1 atom stereocenters. The highest BCUT2D eigenvalue weighted by Crippen LogP contribution is 2.30. The normalized spacial score (nSPS) is 25.7. The Morgan fingerprint density at radius 3 is 2.28 bits per heavy atom. The van der Waals surface area contributed by atoms with E-state index in [0.29, 0.717) is 17.9 Å². The molecule has 1 aromatic carbocycles. The topological polar surface area (TPSA) is 26.8 Å². The van der Waals surface area contributed by atoms with E-state index >= 15 is 0 Å². The minimum Gasteiger partial charge on any atom is -0.369 e. The lowest BCUT2D eigenvalue weighted by Crippen LogP contribution is -2.56. The highest BCUT2D eigenvalue weighted by atomic mass is 19.1. The fourth-order valence-electron chi connectivity index (χ4n) is 4.36. The second-order valence-corrected chi connectivity index (χ2v) is 7.71. The third kappa shape index (κ3) is 3.66. The fourth-order valence-corrected chi connectivity index (χ4v) is 4.36. The van der Waals surface area contributed by atoms with Gasteiger partial charge in [0.05, 0.1) is 0 Å². The Hall–Kier alpha value is -1.62. The first-order valence-electron chi connectivity index (χ1n) is 9.74. The maximum atomic E-state index is 13.1. The summed E-state index contributed by atoms with van der Waals surface area (Å²) in [5.41, 5.74) is 1.10. The number of benzene rings is 1. The first-order chi connectivity index (χ1) is 12.2. The zero-order valence-electron chi connectivity index (χ0n) is 14.9. The van der Waals surface area contributed by atoms with Crippen molar-refractivity contribution in [3.63, 3.8) is 0 Å². The van der Waals surface area contributed by atoms with E-state index in [2.05, 4.69) is 14.7 Å². The first-order valence-corrected chi connectivity index (χ1v) is 9.74. The molecule has 4 rings (SSSR count). The predicted octanol–water partition coefficient (Wildman–Crippen LogP) is 2.74. The van der Waals surface area contributed by atoms with Crippen molar-refractivity contribution in [3.8, 4) is 0 Å². The molecule has 1 saturated carbocycles. The molecule has 1 aliphatic carbocycles. The summed E-state index contributed by atoms with van der Waals surface area (Å²) in [6, 6.07) is 7.31. The average Bonchev–Trinajstić information content (AvgIpc) is 2.61. The van der Waals surface area contributed by atoms with E-state index in [0.717, 1.165) is 64.2 Å². The standard InChI is InChI=1S/C20H28FN3O/c21-17-6-8-18(9-7-17)22-11-13-23(14-12-22)19-5-2-10-24(15-19)20(25)16-3-1-4-16/h6-9,16,19H,1-5,10-15H2/t19-/m0/s1. The Balaban J connectivity index is 1.31. The molecule has 25 heavy (non-hydrogen) atoms. The van der Waals surface area contributed by atoms with Gasteiger partial charge in [-0.2, -0.15) is 0 Å². The second kappa shape index (κ2) is 7.32. The maximum Gasteiger partial charge on any atom is 0.225 e. The van der Waals surface area contributed by atoms with Gasteiger partial charge in [0.1, 0.15) is 5.82 Å². The summed E-state index contributed by atoms with van der Waals surface area (Å²) in [7, 11) is 0. The van der Waals surface area contributed by atoms with Crippen LogP contribution in [-0.2, 0) is 4.79 Å². The molecule has 0 unspecified atom stereocenters. The number of carbonyl (C=O) groups excluding carboxylic acids is 1. The van der Waals surface area contributed by atoms with Crippen LogP contribution >= 0.6 is 0 Å². The smallest absolute Gasteiger partial charge is 0.225 e. The van der Waals surface area contributed by atoms with Gasteiger partial charge in [-0.3, -0.25) is 9.69 Å². The van der Waals surface area contributed by atoms with Gasteiger partial charge < -0.3 is 9.80 Å². The van der Waals surface area contributed by atoms with E-state index in [1.807, 2.05) is 12.1 Å². The minimum absolute atomic E-state index is 0.180. The monoisotopic (exact) mass is 345 g/mol. The van der Waals surface area contributed by atoms with Crippen LogP contribution in [-0.4, -0.2) is 61.0 Å². The second-order valence-electron chi connectivity index (χ2n) is 7.71. The lowest BCUT2D eigenvalue weighted by Gasteiger charge is -2.45. The van der Waals surface area contributed by atoms with Crippen molar-refractivity contribution < 1.29 is 9.18 Å². The maximum absolute atomic E-state index is 13.1. The number of piperidine rings is 1. The molecule has 1 amide bonds. The van der Waals surface area contributed by atoms with Gasteiger partial charge in [-0.25, -0.2) is 4.39 Å². The highest BCUT2D eigenvalue weighted by Gasteiger charge is 2.34. The van der Waals surface area contributed by atoms with Gasteiger partial charge in [-0.1, -0.05) is 6.42 Å². The number of nitrogens with zero attached hydrogens (tertiary/aromatic N) is 3. The van der Waals surface area contributed by atoms with Crippen molar-refractivity contribution >= 4 is 11.6 Å². The molecule has 5 heteroatoms. The summed E-state index contributed by atoms with van der Waals surface area (Å²) in [6.45, 7) is 5.84. The molecule has 0 spiro atoms. The summed E-state index contributed by atoms with van der Waals surface area (Å²) in [5, 5.41) is 0. The molecule has 0 aromatic heterocycles. The molecular formula is C20H28FN3O. The third-order valence-electron chi connectivity index (χ3n) is 6.19. The van der Waals surface area contributed by atoms with Crippen LogP contribution in [0.4, 0.5) is 10.1 Å². The van der Waals surface area contributed by atoms with Crippen molar-refractivity contribution in [2.75, 3.05) is 44.2 Å². The number of likely N-dealkylation sites (tertiary alicyclic amines) is 1. The van der Waals surface area contributed by atoms with Crippen LogP contribution in [0.5, 0.6) is 0 Å². The third-order valence-corrected chi connectivity index (χ3v) is 6.19. The van der Waals surface area contributed by atoms with Gasteiger partial charge in [0.2, 0.25) is 5.91 Å². The Kier molecular flexibility index (Phi) is 4.93. The van der Waals surface area contributed by atoms with Crippen LogP contribution in [0.1, 0.15) is 32.1 Å². The van der Waals surface area contributed by atoms with Crippen molar-refractivity contribution in [1.29, 1.82) is 0 Å². The molecule has 2 heterocycles. The summed E-state index contributed by atoms with van der Waals surface area (Å²) >= 11 is 0. The number of hydrogen-bond donors (Lipinski definition) is 0. The van der Waals surface area contributed by atoms with Crippen molar-refractivity contribution in [2.45, 2.75) is 38.1 Å². The van der Waals surface area contributed by atoms with E-state index in [1.165, 1.54) is 25.0 Å². The lowest BCUT2D eigenvalue weighted by molar-refractivity contribution is -0.140.